The van der Waals surface area contributed by atoms with Gasteiger partial charge in [0.2, 0.25) is 0 Å². The summed E-state index contributed by atoms with van der Waals surface area (Å²) in [5.74, 6) is 1.37. The van der Waals surface area contributed by atoms with E-state index in [2.05, 4.69) is 10.6 Å². The van der Waals surface area contributed by atoms with Crippen molar-refractivity contribution in [3.05, 3.63) is 63.2 Å². The van der Waals surface area contributed by atoms with Gasteiger partial charge in [0, 0.05) is 23.6 Å². The Hall–Kier alpha value is -2.74. The van der Waals surface area contributed by atoms with E-state index in [0.717, 1.165) is 16.9 Å². The number of urea groups is 1. The normalized spacial score (nSPS) is 13.5. The summed E-state index contributed by atoms with van der Waals surface area (Å²) in [7, 11) is 0. The molecule has 0 unspecified atom stereocenters. The van der Waals surface area contributed by atoms with Crippen molar-refractivity contribution in [2.24, 2.45) is 5.92 Å². The summed E-state index contributed by atoms with van der Waals surface area (Å²) in [4.78, 5) is 12.3. The molecule has 3 rings (SSSR count). The van der Waals surface area contributed by atoms with E-state index in [0.29, 0.717) is 34.2 Å². The van der Waals surface area contributed by atoms with Gasteiger partial charge in [0.25, 0.3) is 0 Å². The minimum atomic E-state index is -4.24. The van der Waals surface area contributed by atoms with Crippen molar-refractivity contribution in [1.82, 2.24) is 10.6 Å². The van der Waals surface area contributed by atoms with E-state index in [1.54, 1.807) is 18.2 Å². The van der Waals surface area contributed by atoms with Gasteiger partial charge in [-0.15, -0.1) is 0 Å². The molecular formula is C24H27ClF3N3O2. The van der Waals surface area contributed by atoms with E-state index >= 15 is 0 Å². The van der Waals surface area contributed by atoms with Crippen LogP contribution in [0, 0.1) is 25.2 Å². The van der Waals surface area contributed by atoms with Crippen molar-refractivity contribution in [3.63, 3.8) is 0 Å². The molecular weight excluding hydrogens is 455 g/mol. The highest BCUT2D eigenvalue weighted by Crippen LogP contribution is 2.32. The predicted molar refractivity (Wildman–Crippen MR) is 122 cm³/mol. The van der Waals surface area contributed by atoms with Crippen molar-refractivity contribution in [1.29, 1.82) is 5.41 Å². The third-order valence-corrected chi connectivity index (χ3v) is 5.76. The lowest BCUT2D eigenvalue weighted by Crippen LogP contribution is -2.39. The number of halogens is 4. The Balaban J connectivity index is 1.55. The highest BCUT2D eigenvalue weighted by Gasteiger charge is 2.26. The number of benzene rings is 2. The minimum Gasteiger partial charge on any atom is -0.493 e. The average molecular weight is 482 g/mol. The number of alkyl halides is 3. The fourth-order valence-electron chi connectivity index (χ4n) is 3.42. The third kappa shape index (κ3) is 7.67. The first-order valence-corrected chi connectivity index (χ1v) is 11.1. The second kappa shape index (κ2) is 10.5. The van der Waals surface area contributed by atoms with Crippen LogP contribution in [0.3, 0.4) is 0 Å². The van der Waals surface area contributed by atoms with Crippen LogP contribution in [0.4, 0.5) is 18.0 Å². The fourth-order valence-corrected chi connectivity index (χ4v) is 3.60. The highest BCUT2D eigenvalue weighted by molar-refractivity contribution is 6.31. The van der Waals surface area contributed by atoms with Crippen molar-refractivity contribution >= 4 is 23.5 Å². The third-order valence-electron chi connectivity index (χ3n) is 5.39. The van der Waals surface area contributed by atoms with Crippen LogP contribution in [0.5, 0.6) is 5.75 Å². The van der Waals surface area contributed by atoms with E-state index < -0.39 is 18.6 Å². The second-order valence-electron chi connectivity index (χ2n) is 8.42. The van der Waals surface area contributed by atoms with E-state index in [4.69, 9.17) is 21.7 Å². The zero-order valence-electron chi connectivity index (χ0n) is 18.5. The van der Waals surface area contributed by atoms with Crippen LogP contribution in [0.15, 0.2) is 30.3 Å². The Morgan fingerprint density at radius 2 is 1.85 bits per heavy atom. The first-order chi connectivity index (χ1) is 15.5. The van der Waals surface area contributed by atoms with Crippen LogP contribution in [0.1, 0.15) is 47.1 Å². The largest absolute Gasteiger partial charge is 0.493 e. The zero-order chi connectivity index (χ0) is 24.2. The number of amides is 2. The molecule has 0 heterocycles. The van der Waals surface area contributed by atoms with Gasteiger partial charge in [-0.3, -0.25) is 10.7 Å². The Morgan fingerprint density at radius 1 is 1.18 bits per heavy atom. The van der Waals surface area contributed by atoms with E-state index in [-0.39, 0.29) is 18.8 Å². The minimum absolute atomic E-state index is 0.0177. The maximum Gasteiger partial charge on any atom is 0.389 e. The summed E-state index contributed by atoms with van der Waals surface area (Å²) in [6, 6.07) is 7.57. The van der Waals surface area contributed by atoms with Crippen molar-refractivity contribution < 1.29 is 22.7 Å². The van der Waals surface area contributed by atoms with Crippen LogP contribution in [0.2, 0.25) is 5.02 Å². The molecule has 2 amide bonds. The molecule has 1 aliphatic rings. The molecule has 0 aromatic heterocycles. The number of carbonyl (C=O) groups is 1. The van der Waals surface area contributed by atoms with Gasteiger partial charge >= 0.3 is 12.2 Å². The molecule has 2 aromatic rings. The number of nitrogens with one attached hydrogen (secondary N) is 3. The fraction of sp³-hybridized carbons (Fsp3) is 0.417. The van der Waals surface area contributed by atoms with Crippen LogP contribution in [0.25, 0.3) is 0 Å². The smallest absolute Gasteiger partial charge is 0.389 e. The van der Waals surface area contributed by atoms with Crippen molar-refractivity contribution in [2.45, 2.75) is 52.3 Å². The van der Waals surface area contributed by atoms with Gasteiger partial charge in [0.15, 0.2) is 0 Å². The summed E-state index contributed by atoms with van der Waals surface area (Å²) < 4.78 is 43.3. The second-order valence-corrected chi connectivity index (χ2v) is 8.82. The Labute approximate surface area is 196 Å². The summed E-state index contributed by atoms with van der Waals surface area (Å²) >= 11 is 6.12. The number of amidine groups is 1. The predicted octanol–water partition coefficient (Wildman–Crippen LogP) is 6.07. The summed E-state index contributed by atoms with van der Waals surface area (Å²) in [6.45, 7) is 4.52. The molecule has 1 fully saturated rings. The van der Waals surface area contributed by atoms with Crippen LogP contribution >= 0.6 is 11.6 Å². The highest BCUT2D eigenvalue weighted by atomic mass is 35.5. The molecule has 33 heavy (non-hydrogen) atoms. The molecule has 0 aliphatic heterocycles. The van der Waals surface area contributed by atoms with Crippen LogP contribution in [-0.2, 0) is 13.0 Å². The molecule has 0 atom stereocenters. The molecule has 0 saturated heterocycles. The Bertz CT molecular complexity index is 1010. The number of carbonyl (C=O) groups excluding carboxylic acids is 1. The maximum absolute atomic E-state index is 12.5. The Kier molecular flexibility index (Phi) is 7.89. The molecule has 2 aromatic carbocycles. The molecule has 0 radical (unpaired) electrons. The molecule has 1 saturated carbocycles. The lowest BCUT2D eigenvalue weighted by molar-refractivity contribution is -0.134. The van der Waals surface area contributed by atoms with E-state index in [9.17, 15) is 18.0 Å². The summed E-state index contributed by atoms with van der Waals surface area (Å²) in [6.07, 6.45) is -2.94. The monoisotopic (exact) mass is 481 g/mol. The molecule has 0 spiro atoms. The molecule has 1 aliphatic carbocycles. The number of ether oxygens (including phenoxy) is 1. The van der Waals surface area contributed by atoms with E-state index in [1.165, 1.54) is 25.0 Å². The van der Waals surface area contributed by atoms with Gasteiger partial charge < -0.3 is 10.1 Å². The molecule has 0 bridgehead atoms. The zero-order valence-corrected chi connectivity index (χ0v) is 19.3. The van der Waals surface area contributed by atoms with Crippen LogP contribution in [-0.4, -0.2) is 24.6 Å². The number of hydrogen-bond donors (Lipinski definition) is 3. The van der Waals surface area contributed by atoms with Crippen molar-refractivity contribution in [2.75, 3.05) is 6.61 Å². The summed E-state index contributed by atoms with van der Waals surface area (Å²) in [5, 5.41) is 13.7. The number of aryl methyl sites for hydroxylation is 3. The topological polar surface area (TPSA) is 74.2 Å². The van der Waals surface area contributed by atoms with Crippen molar-refractivity contribution in [3.8, 4) is 5.75 Å². The van der Waals surface area contributed by atoms with Gasteiger partial charge in [-0.1, -0.05) is 23.7 Å². The van der Waals surface area contributed by atoms with Gasteiger partial charge in [-0.2, -0.15) is 13.2 Å². The molecule has 9 heteroatoms. The standard InChI is InChI=1S/C24H27ClF3N3O2/c1-14-9-18(10-15(2)21(14)33-13-17-3-4-17)22(29)31-23(32)30-12-19-11-16(5-6-20(19)25)7-8-24(26,27)28/h5-6,9-11,17H,3-4,7-8,12-13H2,1-2H3,(H3,29,30,31,32). The maximum atomic E-state index is 12.5. The molecule has 3 N–H and O–H groups in total. The first-order valence-electron chi connectivity index (χ1n) is 10.7. The lowest BCUT2D eigenvalue weighted by Gasteiger charge is -2.15. The quantitative estimate of drug-likeness (QED) is 0.316. The number of rotatable bonds is 8. The average Bonchev–Trinajstić information content (AvgIpc) is 3.55. The van der Waals surface area contributed by atoms with Gasteiger partial charge in [-0.25, -0.2) is 4.79 Å². The SMILES string of the molecule is Cc1cc(C(=N)NC(=O)NCc2cc(CCC(F)(F)F)ccc2Cl)cc(C)c1OCC1CC1. The van der Waals surface area contributed by atoms with Gasteiger partial charge in [0.1, 0.15) is 11.6 Å². The molecule has 178 valence electrons. The first kappa shape index (κ1) is 24.9. The van der Waals surface area contributed by atoms with Gasteiger partial charge in [-0.05, 0) is 79.5 Å². The Morgan fingerprint density at radius 3 is 2.45 bits per heavy atom. The number of hydrogen-bond acceptors (Lipinski definition) is 3. The van der Waals surface area contributed by atoms with Crippen LogP contribution < -0.4 is 15.4 Å². The van der Waals surface area contributed by atoms with E-state index in [1.807, 2.05) is 13.8 Å². The molecule has 5 nitrogen and oxygen atoms in total. The lowest BCUT2D eigenvalue weighted by atomic mass is 10.0. The summed E-state index contributed by atoms with van der Waals surface area (Å²) in [5.41, 5.74) is 3.31. The van der Waals surface area contributed by atoms with Gasteiger partial charge in [0.05, 0.1) is 6.61 Å².